The van der Waals surface area contributed by atoms with Gasteiger partial charge in [0.15, 0.2) is 0 Å². The SMILES string of the molecule is CCCNc1cc(N2CC(C)SC(C)C2)nc(N)n1. The molecule has 19 heavy (non-hydrogen) atoms. The smallest absolute Gasteiger partial charge is 0.223 e. The Balaban J connectivity index is 2.16. The summed E-state index contributed by atoms with van der Waals surface area (Å²) in [5.41, 5.74) is 5.81. The summed E-state index contributed by atoms with van der Waals surface area (Å²) in [6, 6.07) is 2.00. The maximum Gasteiger partial charge on any atom is 0.223 e. The van der Waals surface area contributed by atoms with Crippen LogP contribution in [0, 0.1) is 0 Å². The van der Waals surface area contributed by atoms with Crippen LogP contribution in [0.4, 0.5) is 17.6 Å². The summed E-state index contributed by atoms with van der Waals surface area (Å²) in [7, 11) is 0. The fourth-order valence-electron chi connectivity index (χ4n) is 2.32. The molecule has 3 N–H and O–H groups in total. The van der Waals surface area contributed by atoms with Gasteiger partial charge in [-0.3, -0.25) is 0 Å². The molecule has 106 valence electrons. The van der Waals surface area contributed by atoms with E-state index >= 15 is 0 Å². The zero-order valence-electron chi connectivity index (χ0n) is 11.9. The Labute approximate surface area is 119 Å². The molecule has 1 aliphatic rings. The minimum absolute atomic E-state index is 0.342. The third kappa shape index (κ3) is 3.89. The molecule has 2 rings (SSSR count). The van der Waals surface area contributed by atoms with Gasteiger partial charge in [-0.2, -0.15) is 21.7 Å². The average molecular weight is 281 g/mol. The van der Waals surface area contributed by atoms with Crippen molar-refractivity contribution in [1.29, 1.82) is 0 Å². The molecule has 0 radical (unpaired) electrons. The molecule has 0 amide bonds. The van der Waals surface area contributed by atoms with Crippen molar-refractivity contribution in [3.63, 3.8) is 0 Å². The summed E-state index contributed by atoms with van der Waals surface area (Å²) in [6.07, 6.45) is 1.06. The van der Waals surface area contributed by atoms with Crippen LogP contribution in [0.2, 0.25) is 0 Å². The highest BCUT2D eigenvalue weighted by Gasteiger charge is 2.23. The van der Waals surface area contributed by atoms with Gasteiger partial charge in [-0.25, -0.2) is 0 Å². The largest absolute Gasteiger partial charge is 0.370 e. The minimum Gasteiger partial charge on any atom is -0.370 e. The maximum atomic E-state index is 5.81. The number of thioether (sulfide) groups is 1. The fraction of sp³-hybridized carbons (Fsp3) is 0.692. The quantitative estimate of drug-likeness (QED) is 0.882. The van der Waals surface area contributed by atoms with E-state index in [2.05, 4.69) is 41.0 Å². The van der Waals surface area contributed by atoms with Crippen molar-refractivity contribution in [3.05, 3.63) is 6.07 Å². The number of hydrogen-bond donors (Lipinski definition) is 2. The third-order valence-electron chi connectivity index (χ3n) is 3.03. The Hall–Kier alpha value is -1.17. The summed E-state index contributed by atoms with van der Waals surface area (Å²) < 4.78 is 0. The summed E-state index contributed by atoms with van der Waals surface area (Å²) in [5.74, 6) is 2.10. The molecule has 6 heteroatoms. The number of nitrogens with two attached hydrogens (primary N) is 1. The molecule has 2 unspecified atom stereocenters. The predicted octanol–water partition coefficient (Wildman–Crippen LogP) is 2.21. The molecule has 0 aromatic carbocycles. The van der Waals surface area contributed by atoms with E-state index in [4.69, 9.17) is 5.73 Å². The maximum absolute atomic E-state index is 5.81. The van der Waals surface area contributed by atoms with Crippen LogP contribution in [0.3, 0.4) is 0 Å². The second-order valence-corrected chi connectivity index (χ2v) is 6.94. The number of nitrogens with zero attached hydrogens (tertiary/aromatic N) is 3. The van der Waals surface area contributed by atoms with E-state index < -0.39 is 0 Å². The van der Waals surface area contributed by atoms with Crippen molar-refractivity contribution in [2.75, 3.05) is 35.6 Å². The molecule has 1 fully saturated rings. The first-order valence-corrected chi connectivity index (χ1v) is 7.81. The van der Waals surface area contributed by atoms with Crippen LogP contribution in [-0.4, -0.2) is 40.1 Å². The predicted molar refractivity (Wildman–Crippen MR) is 84.0 cm³/mol. The first-order chi connectivity index (χ1) is 9.08. The van der Waals surface area contributed by atoms with E-state index in [9.17, 15) is 0 Å². The summed E-state index contributed by atoms with van der Waals surface area (Å²) in [4.78, 5) is 10.9. The Morgan fingerprint density at radius 2 is 2.05 bits per heavy atom. The fourth-order valence-corrected chi connectivity index (χ4v) is 3.65. The van der Waals surface area contributed by atoms with E-state index in [1.807, 2.05) is 17.8 Å². The van der Waals surface area contributed by atoms with Crippen LogP contribution in [0.25, 0.3) is 0 Å². The standard InChI is InChI=1S/C13H23N5S/c1-4-5-15-11-6-12(17-13(14)16-11)18-7-9(2)19-10(3)8-18/h6,9-10H,4-5,7-8H2,1-3H3,(H3,14,15,16,17). The summed E-state index contributed by atoms with van der Waals surface area (Å²) in [5, 5.41) is 4.51. The van der Waals surface area contributed by atoms with Crippen LogP contribution in [0.15, 0.2) is 6.07 Å². The van der Waals surface area contributed by atoms with Gasteiger partial charge in [-0.05, 0) is 6.42 Å². The van der Waals surface area contributed by atoms with Gasteiger partial charge in [-0.1, -0.05) is 20.8 Å². The van der Waals surface area contributed by atoms with E-state index in [1.165, 1.54) is 0 Å². The van der Waals surface area contributed by atoms with E-state index in [0.717, 1.165) is 37.7 Å². The topological polar surface area (TPSA) is 67.1 Å². The van der Waals surface area contributed by atoms with Crippen LogP contribution in [0.1, 0.15) is 27.2 Å². The first-order valence-electron chi connectivity index (χ1n) is 6.87. The second kappa shape index (κ2) is 6.32. The monoisotopic (exact) mass is 281 g/mol. The van der Waals surface area contributed by atoms with Gasteiger partial charge in [0.2, 0.25) is 5.95 Å². The molecule has 0 aliphatic carbocycles. The molecule has 5 nitrogen and oxygen atoms in total. The van der Waals surface area contributed by atoms with Crippen LogP contribution < -0.4 is 16.0 Å². The molecule has 1 saturated heterocycles. The zero-order valence-corrected chi connectivity index (χ0v) is 12.7. The molecular weight excluding hydrogens is 258 g/mol. The van der Waals surface area contributed by atoms with Crippen LogP contribution >= 0.6 is 11.8 Å². The van der Waals surface area contributed by atoms with Crippen molar-refractivity contribution in [2.45, 2.75) is 37.7 Å². The van der Waals surface area contributed by atoms with Gasteiger partial charge >= 0.3 is 0 Å². The minimum atomic E-state index is 0.342. The highest BCUT2D eigenvalue weighted by atomic mass is 32.2. The molecule has 0 bridgehead atoms. The Bertz CT molecular complexity index is 415. The molecule has 0 spiro atoms. The molecule has 1 aromatic rings. The number of nitrogen functional groups attached to an aromatic ring is 1. The van der Waals surface area contributed by atoms with Crippen molar-refractivity contribution in [1.82, 2.24) is 9.97 Å². The number of anilines is 3. The molecule has 2 heterocycles. The van der Waals surface area contributed by atoms with Gasteiger partial charge in [0.05, 0.1) is 0 Å². The van der Waals surface area contributed by atoms with Gasteiger partial charge in [0.25, 0.3) is 0 Å². The van der Waals surface area contributed by atoms with Crippen LogP contribution in [-0.2, 0) is 0 Å². The second-order valence-electron chi connectivity index (χ2n) is 5.06. The number of hydrogen-bond acceptors (Lipinski definition) is 6. The molecule has 2 atom stereocenters. The van der Waals surface area contributed by atoms with Crippen molar-refractivity contribution >= 4 is 29.3 Å². The lowest BCUT2D eigenvalue weighted by Gasteiger charge is -2.35. The zero-order chi connectivity index (χ0) is 13.8. The molecular formula is C13H23N5S. The number of nitrogens with one attached hydrogen (secondary N) is 1. The van der Waals surface area contributed by atoms with Crippen molar-refractivity contribution in [2.24, 2.45) is 0 Å². The Morgan fingerprint density at radius 1 is 1.37 bits per heavy atom. The molecule has 1 aliphatic heterocycles. The lowest BCUT2D eigenvalue weighted by atomic mass is 10.3. The first kappa shape index (κ1) is 14.2. The normalized spacial score (nSPS) is 23.4. The summed E-state index contributed by atoms with van der Waals surface area (Å²) in [6.45, 7) is 9.57. The van der Waals surface area contributed by atoms with Crippen LogP contribution in [0.5, 0.6) is 0 Å². The van der Waals surface area contributed by atoms with Crippen molar-refractivity contribution < 1.29 is 0 Å². The van der Waals surface area contributed by atoms with Gasteiger partial charge in [-0.15, -0.1) is 0 Å². The highest BCUT2D eigenvalue weighted by molar-refractivity contribution is 8.00. The molecule has 0 saturated carbocycles. The molecule has 1 aromatic heterocycles. The summed E-state index contributed by atoms with van der Waals surface area (Å²) >= 11 is 2.03. The average Bonchev–Trinajstić information content (AvgIpc) is 2.34. The Morgan fingerprint density at radius 3 is 2.68 bits per heavy atom. The van der Waals surface area contributed by atoms with Gasteiger partial charge < -0.3 is 16.0 Å². The number of rotatable bonds is 4. The van der Waals surface area contributed by atoms with E-state index in [0.29, 0.717) is 16.4 Å². The lowest BCUT2D eigenvalue weighted by Crippen LogP contribution is -2.41. The van der Waals surface area contributed by atoms with Crippen molar-refractivity contribution in [3.8, 4) is 0 Å². The number of aromatic nitrogens is 2. The third-order valence-corrected chi connectivity index (χ3v) is 4.26. The van der Waals surface area contributed by atoms with E-state index in [1.54, 1.807) is 0 Å². The van der Waals surface area contributed by atoms with Gasteiger partial charge in [0, 0.05) is 36.2 Å². The Kier molecular flexibility index (Phi) is 4.74. The lowest BCUT2D eigenvalue weighted by molar-refractivity contribution is 0.718. The van der Waals surface area contributed by atoms with Gasteiger partial charge in [0.1, 0.15) is 11.6 Å². The van der Waals surface area contributed by atoms with E-state index in [-0.39, 0.29) is 0 Å². The highest BCUT2D eigenvalue weighted by Crippen LogP contribution is 2.28.